The van der Waals surface area contributed by atoms with Crippen LogP contribution in [0.15, 0.2) is 73.1 Å². The molecule has 1 atom stereocenters. The van der Waals surface area contributed by atoms with E-state index in [1.165, 1.54) is 4.90 Å². The Bertz CT molecular complexity index is 1150. The molecule has 8 heteroatoms. The van der Waals surface area contributed by atoms with Crippen molar-refractivity contribution >= 4 is 29.2 Å². The van der Waals surface area contributed by atoms with Gasteiger partial charge in [-0.25, -0.2) is 9.69 Å². The lowest BCUT2D eigenvalue weighted by atomic mass is 10.1. The van der Waals surface area contributed by atoms with Crippen LogP contribution in [0.2, 0.25) is 0 Å². The van der Waals surface area contributed by atoms with Crippen LogP contribution in [0.5, 0.6) is 5.75 Å². The van der Waals surface area contributed by atoms with Crippen LogP contribution in [0.1, 0.15) is 17.5 Å². The smallest absolute Gasteiger partial charge is 0.332 e. The number of anilines is 2. The van der Waals surface area contributed by atoms with E-state index in [9.17, 15) is 14.4 Å². The summed E-state index contributed by atoms with van der Waals surface area (Å²) in [6.45, 7) is 2.10. The Kier molecular flexibility index (Phi) is 6.35. The van der Waals surface area contributed by atoms with Crippen LogP contribution in [0.4, 0.5) is 16.2 Å². The molecule has 3 aromatic rings. The van der Waals surface area contributed by atoms with E-state index in [0.717, 1.165) is 16.0 Å². The number of amides is 4. The molecule has 168 valence electrons. The Morgan fingerprint density at radius 2 is 1.79 bits per heavy atom. The maximum absolute atomic E-state index is 13.3. The van der Waals surface area contributed by atoms with E-state index in [4.69, 9.17) is 4.74 Å². The SMILES string of the molecule is COc1ccc(NC(=O)C[C@@H]2C(=O)N(c3ccc(C)cc3)C(=O)N2Cc2cccnc2)cc1. The lowest BCUT2D eigenvalue weighted by Crippen LogP contribution is -2.37. The summed E-state index contributed by atoms with van der Waals surface area (Å²) in [7, 11) is 1.56. The molecule has 0 spiro atoms. The fourth-order valence-corrected chi connectivity index (χ4v) is 3.70. The second-order valence-electron chi connectivity index (χ2n) is 7.78. The molecule has 0 radical (unpaired) electrons. The number of nitrogens with one attached hydrogen (secondary N) is 1. The van der Waals surface area contributed by atoms with Crippen molar-refractivity contribution in [1.29, 1.82) is 0 Å². The minimum atomic E-state index is -0.933. The van der Waals surface area contributed by atoms with Crippen LogP contribution < -0.4 is 15.0 Å². The van der Waals surface area contributed by atoms with Gasteiger partial charge in [0.15, 0.2) is 0 Å². The van der Waals surface area contributed by atoms with Crippen LogP contribution in [0.25, 0.3) is 0 Å². The molecule has 33 heavy (non-hydrogen) atoms. The number of aromatic nitrogens is 1. The summed E-state index contributed by atoms with van der Waals surface area (Å²) >= 11 is 0. The predicted octanol–water partition coefficient (Wildman–Crippen LogP) is 3.76. The van der Waals surface area contributed by atoms with Crippen LogP contribution in [0, 0.1) is 6.92 Å². The molecule has 1 aromatic heterocycles. The third kappa shape index (κ3) is 4.85. The maximum Gasteiger partial charge on any atom is 0.332 e. The number of pyridine rings is 1. The molecule has 1 aliphatic heterocycles. The predicted molar refractivity (Wildman–Crippen MR) is 124 cm³/mol. The van der Waals surface area contributed by atoms with Gasteiger partial charge >= 0.3 is 6.03 Å². The minimum absolute atomic E-state index is 0.167. The van der Waals surface area contributed by atoms with Crippen molar-refractivity contribution in [2.75, 3.05) is 17.3 Å². The van der Waals surface area contributed by atoms with E-state index < -0.39 is 18.0 Å². The topological polar surface area (TPSA) is 91.8 Å². The number of hydrogen-bond donors (Lipinski definition) is 1. The van der Waals surface area contributed by atoms with E-state index in [1.807, 2.05) is 25.1 Å². The third-order valence-corrected chi connectivity index (χ3v) is 5.44. The Labute approximate surface area is 191 Å². The van der Waals surface area contributed by atoms with E-state index in [1.54, 1.807) is 62.0 Å². The summed E-state index contributed by atoms with van der Waals surface area (Å²) in [5, 5.41) is 2.79. The lowest BCUT2D eigenvalue weighted by molar-refractivity contribution is -0.124. The highest BCUT2D eigenvalue weighted by Crippen LogP contribution is 2.29. The summed E-state index contributed by atoms with van der Waals surface area (Å²) in [5.74, 6) is -0.133. The molecular weight excluding hydrogens is 420 g/mol. The quantitative estimate of drug-likeness (QED) is 0.560. The Morgan fingerprint density at radius 3 is 2.42 bits per heavy atom. The highest BCUT2D eigenvalue weighted by molar-refractivity contribution is 6.22. The van der Waals surface area contributed by atoms with Gasteiger partial charge in [0.25, 0.3) is 5.91 Å². The number of aryl methyl sites for hydroxylation is 1. The highest BCUT2D eigenvalue weighted by Gasteiger charge is 2.46. The van der Waals surface area contributed by atoms with Gasteiger partial charge in [-0.05, 0) is 55.0 Å². The fraction of sp³-hybridized carbons (Fsp3) is 0.200. The largest absolute Gasteiger partial charge is 0.497 e. The van der Waals surface area contributed by atoms with E-state index in [-0.39, 0.29) is 18.9 Å². The number of nitrogens with zero attached hydrogens (tertiary/aromatic N) is 3. The number of urea groups is 1. The molecule has 4 amide bonds. The monoisotopic (exact) mass is 444 g/mol. The molecule has 1 aliphatic rings. The van der Waals surface area contributed by atoms with Gasteiger partial charge in [0.2, 0.25) is 5.91 Å². The molecular formula is C25H24N4O4. The first kappa shape index (κ1) is 22.0. The Morgan fingerprint density at radius 1 is 1.06 bits per heavy atom. The number of ether oxygens (including phenoxy) is 1. The molecule has 0 saturated carbocycles. The molecule has 8 nitrogen and oxygen atoms in total. The molecule has 0 aliphatic carbocycles. The summed E-state index contributed by atoms with van der Waals surface area (Å²) in [4.78, 5) is 46.1. The van der Waals surface area contributed by atoms with Crippen molar-refractivity contribution in [3.63, 3.8) is 0 Å². The number of carbonyl (C=O) groups is 3. The van der Waals surface area contributed by atoms with Gasteiger partial charge in [0.1, 0.15) is 11.8 Å². The van der Waals surface area contributed by atoms with Crippen LogP contribution in [-0.2, 0) is 16.1 Å². The average Bonchev–Trinajstić information content (AvgIpc) is 3.05. The van der Waals surface area contributed by atoms with Gasteiger partial charge in [-0.1, -0.05) is 23.8 Å². The zero-order valence-electron chi connectivity index (χ0n) is 18.4. The molecule has 1 N–H and O–H groups in total. The average molecular weight is 444 g/mol. The van der Waals surface area contributed by atoms with Crippen LogP contribution in [0.3, 0.4) is 0 Å². The van der Waals surface area contributed by atoms with Gasteiger partial charge in [-0.3, -0.25) is 14.6 Å². The molecule has 0 bridgehead atoms. The summed E-state index contributed by atoms with van der Waals surface area (Å²) in [5.41, 5.74) is 2.84. The van der Waals surface area contributed by atoms with Crippen molar-refractivity contribution in [1.82, 2.24) is 9.88 Å². The highest BCUT2D eigenvalue weighted by atomic mass is 16.5. The zero-order valence-corrected chi connectivity index (χ0v) is 18.4. The molecule has 1 saturated heterocycles. The first-order valence-electron chi connectivity index (χ1n) is 10.5. The van der Waals surface area contributed by atoms with Gasteiger partial charge in [-0.2, -0.15) is 0 Å². The molecule has 0 unspecified atom stereocenters. The molecule has 2 heterocycles. The minimum Gasteiger partial charge on any atom is -0.497 e. The first-order chi connectivity index (χ1) is 16.0. The fourth-order valence-electron chi connectivity index (χ4n) is 3.70. The van der Waals surface area contributed by atoms with E-state index in [0.29, 0.717) is 17.1 Å². The number of benzene rings is 2. The van der Waals surface area contributed by atoms with Crippen molar-refractivity contribution in [2.24, 2.45) is 0 Å². The van der Waals surface area contributed by atoms with Crippen LogP contribution >= 0.6 is 0 Å². The van der Waals surface area contributed by atoms with Gasteiger partial charge < -0.3 is 15.0 Å². The Hall–Kier alpha value is -4.20. The third-order valence-electron chi connectivity index (χ3n) is 5.44. The number of rotatable bonds is 7. The normalized spacial score (nSPS) is 15.6. The summed E-state index contributed by atoms with van der Waals surface area (Å²) in [6.07, 6.45) is 3.11. The van der Waals surface area contributed by atoms with Crippen molar-refractivity contribution < 1.29 is 19.1 Å². The lowest BCUT2D eigenvalue weighted by Gasteiger charge is -2.21. The summed E-state index contributed by atoms with van der Waals surface area (Å²) < 4.78 is 5.13. The van der Waals surface area contributed by atoms with Crippen molar-refractivity contribution in [2.45, 2.75) is 25.9 Å². The van der Waals surface area contributed by atoms with Gasteiger partial charge in [-0.15, -0.1) is 0 Å². The number of imide groups is 1. The van der Waals surface area contributed by atoms with E-state index >= 15 is 0 Å². The van der Waals surface area contributed by atoms with Gasteiger partial charge in [0.05, 0.1) is 19.2 Å². The molecule has 1 fully saturated rings. The first-order valence-corrected chi connectivity index (χ1v) is 10.5. The Balaban J connectivity index is 1.57. The molecule has 2 aromatic carbocycles. The van der Waals surface area contributed by atoms with E-state index in [2.05, 4.69) is 10.3 Å². The zero-order chi connectivity index (χ0) is 23.4. The number of methoxy groups -OCH3 is 1. The second kappa shape index (κ2) is 9.52. The standard InChI is InChI=1S/C25H24N4O4/c1-17-5-9-20(10-6-17)29-24(31)22(28(25(29)32)16-18-4-3-13-26-15-18)14-23(30)27-19-7-11-21(33-2)12-8-19/h3-13,15,22H,14,16H2,1-2H3,(H,27,30)/t22-/m1/s1. The van der Waals surface area contributed by atoms with Crippen molar-refractivity contribution in [3.8, 4) is 5.75 Å². The number of carbonyl (C=O) groups excluding carboxylic acids is 3. The summed E-state index contributed by atoms with van der Waals surface area (Å²) in [6, 6.07) is 16.2. The second-order valence-corrected chi connectivity index (χ2v) is 7.78. The molecule has 4 rings (SSSR count). The maximum atomic E-state index is 13.3. The number of hydrogen-bond acceptors (Lipinski definition) is 5. The van der Waals surface area contributed by atoms with Crippen molar-refractivity contribution in [3.05, 3.63) is 84.2 Å². The van der Waals surface area contributed by atoms with Gasteiger partial charge in [0, 0.05) is 24.6 Å². The van der Waals surface area contributed by atoms with Crippen LogP contribution in [-0.4, -0.2) is 40.9 Å².